The first-order chi connectivity index (χ1) is 6.15. The second-order valence-electron chi connectivity index (χ2n) is 2.97. The standard InChI is InChI=1S/C8H13BrN2O2/c1-2-10-7(12)5-11-4-3-6(9)8(11)13/h6H,2-5H2,1H3,(H,10,12). The van der Waals surface area contributed by atoms with Gasteiger partial charge in [-0.25, -0.2) is 0 Å². The second-order valence-corrected chi connectivity index (χ2v) is 4.07. The number of likely N-dealkylation sites (N-methyl/N-ethyl adjacent to an activating group) is 1. The molecule has 4 nitrogen and oxygen atoms in total. The van der Waals surface area contributed by atoms with Crippen LogP contribution in [0.25, 0.3) is 0 Å². The smallest absolute Gasteiger partial charge is 0.239 e. The molecule has 1 atom stereocenters. The van der Waals surface area contributed by atoms with Crippen LogP contribution in [0.5, 0.6) is 0 Å². The summed E-state index contributed by atoms with van der Waals surface area (Å²) in [5.74, 6) is -0.0660. The zero-order chi connectivity index (χ0) is 9.84. The molecule has 0 aromatic rings. The van der Waals surface area contributed by atoms with Crippen molar-refractivity contribution < 1.29 is 9.59 Å². The van der Waals surface area contributed by atoms with E-state index in [1.807, 2.05) is 6.92 Å². The summed E-state index contributed by atoms with van der Waals surface area (Å²) in [7, 11) is 0. The Labute approximate surface area is 85.8 Å². The summed E-state index contributed by atoms with van der Waals surface area (Å²) in [4.78, 5) is 24.0. The van der Waals surface area contributed by atoms with Crippen LogP contribution in [-0.4, -0.2) is 41.2 Å². The summed E-state index contributed by atoms with van der Waals surface area (Å²) in [6.07, 6.45) is 0.790. The minimum Gasteiger partial charge on any atom is -0.355 e. The van der Waals surface area contributed by atoms with Gasteiger partial charge in [-0.3, -0.25) is 9.59 Å². The highest BCUT2D eigenvalue weighted by molar-refractivity contribution is 9.10. The van der Waals surface area contributed by atoms with E-state index in [0.717, 1.165) is 6.42 Å². The molecule has 0 aromatic heterocycles. The first-order valence-corrected chi connectivity index (χ1v) is 5.26. The van der Waals surface area contributed by atoms with E-state index in [1.54, 1.807) is 4.90 Å². The van der Waals surface area contributed by atoms with Crippen molar-refractivity contribution in [2.45, 2.75) is 18.2 Å². The summed E-state index contributed by atoms with van der Waals surface area (Å²) in [5, 5.41) is 2.66. The van der Waals surface area contributed by atoms with Crippen molar-refractivity contribution in [2.24, 2.45) is 0 Å². The highest BCUT2D eigenvalue weighted by atomic mass is 79.9. The quantitative estimate of drug-likeness (QED) is 0.722. The molecule has 1 rings (SSSR count). The normalized spacial score (nSPS) is 22.2. The van der Waals surface area contributed by atoms with E-state index in [-0.39, 0.29) is 23.2 Å². The molecule has 0 aliphatic carbocycles. The van der Waals surface area contributed by atoms with Crippen LogP contribution in [0.4, 0.5) is 0 Å². The topological polar surface area (TPSA) is 49.4 Å². The molecular weight excluding hydrogens is 236 g/mol. The molecule has 1 fully saturated rings. The minimum atomic E-state index is -0.0954. The van der Waals surface area contributed by atoms with Crippen LogP contribution in [0.15, 0.2) is 0 Å². The van der Waals surface area contributed by atoms with Crippen molar-refractivity contribution in [3.63, 3.8) is 0 Å². The molecule has 1 saturated heterocycles. The van der Waals surface area contributed by atoms with Gasteiger partial charge in [0.2, 0.25) is 11.8 Å². The number of likely N-dealkylation sites (tertiary alicyclic amines) is 1. The molecule has 1 heterocycles. The van der Waals surface area contributed by atoms with E-state index < -0.39 is 0 Å². The Morgan fingerprint density at radius 3 is 2.92 bits per heavy atom. The molecule has 1 unspecified atom stereocenters. The summed E-state index contributed by atoms with van der Waals surface area (Å²) in [6, 6.07) is 0. The number of nitrogens with one attached hydrogen (secondary N) is 1. The SMILES string of the molecule is CCNC(=O)CN1CCC(Br)C1=O. The van der Waals surface area contributed by atoms with Crippen LogP contribution >= 0.6 is 15.9 Å². The van der Waals surface area contributed by atoms with Crippen LogP contribution in [0, 0.1) is 0 Å². The molecule has 0 bridgehead atoms. The fourth-order valence-corrected chi connectivity index (χ4v) is 1.78. The van der Waals surface area contributed by atoms with Gasteiger partial charge in [0.1, 0.15) is 0 Å². The number of rotatable bonds is 3. The molecule has 74 valence electrons. The average Bonchev–Trinajstić information content (AvgIpc) is 2.37. The predicted molar refractivity (Wildman–Crippen MR) is 52.6 cm³/mol. The number of alkyl halides is 1. The first-order valence-electron chi connectivity index (χ1n) is 4.34. The van der Waals surface area contributed by atoms with Crippen LogP contribution in [0.1, 0.15) is 13.3 Å². The molecule has 0 saturated carbocycles. The molecule has 1 aliphatic rings. The third-order valence-electron chi connectivity index (χ3n) is 1.94. The molecule has 2 amide bonds. The van der Waals surface area contributed by atoms with Crippen LogP contribution in [0.2, 0.25) is 0 Å². The molecule has 1 aliphatic heterocycles. The third kappa shape index (κ3) is 2.69. The number of hydrogen-bond donors (Lipinski definition) is 1. The Kier molecular flexibility index (Phi) is 3.71. The Morgan fingerprint density at radius 1 is 1.77 bits per heavy atom. The average molecular weight is 249 g/mol. The third-order valence-corrected chi connectivity index (χ3v) is 2.79. The van der Waals surface area contributed by atoms with Crippen molar-refractivity contribution >= 4 is 27.7 Å². The van der Waals surface area contributed by atoms with Gasteiger partial charge in [0.15, 0.2) is 0 Å². The van der Waals surface area contributed by atoms with Crippen molar-refractivity contribution in [3.8, 4) is 0 Å². The van der Waals surface area contributed by atoms with Crippen molar-refractivity contribution in [2.75, 3.05) is 19.6 Å². The van der Waals surface area contributed by atoms with E-state index in [4.69, 9.17) is 0 Å². The van der Waals surface area contributed by atoms with Crippen LogP contribution < -0.4 is 5.32 Å². The second kappa shape index (κ2) is 4.60. The Morgan fingerprint density at radius 2 is 2.46 bits per heavy atom. The Hall–Kier alpha value is -0.580. The molecular formula is C8H13BrN2O2. The predicted octanol–water partition coefficient (Wildman–Crippen LogP) is 0.118. The van der Waals surface area contributed by atoms with Crippen molar-refractivity contribution in [1.29, 1.82) is 0 Å². The largest absolute Gasteiger partial charge is 0.355 e. The van der Waals surface area contributed by atoms with Gasteiger partial charge in [-0.2, -0.15) is 0 Å². The lowest BCUT2D eigenvalue weighted by Gasteiger charge is -2.14. The van der Waals surface area contributed by atoms with Gasteiger partial charge in [0.05, 0.1) is 11.4 Å². The number of carbonyl (C=O) groups excluding carboxylic acids is 2. The van der Waals surface area contributed by atoms with Gasteiger partial charge in [0, 0.05) is 13.1 Å². The molecule has 0 radical (unpaired) electrons. The zero-order valence-electron chi connectivity index (χ0n) is 7.55. The number of nitrogens with zero attached hydrogens (tertiary/aromatic N) is 1. The molecule has 0 aromatic carbocycles. The lowest BCUT2D eigenvalue weighted by molar-refractivity contribution is -0.132. The van der Waals surface area contributed by atoms with Crippen molar-refractivity contribution in [1.82, 2.24) is 10.2 Å². The van der Waals surface area contributed by atoms with Crippen LogP contribution in [-0.2, 0) is 9.59 Å². The fourth-order valence-electron chi connectivity index (χ4n) is 1.28. The van der Waals surface area contributed by atoms with Gasteiger partial charge >= 0.3 is 0 Å². The number of halogens is 1. The highest BCUT2D eigenvalue weighted by Crippen LogP contribution is 2.17. The highest BCUT2D eigenvalue weighted by Gasteiger charge is 2.30. The fraction of sp³-hybridized carbons (Fsp3) is 0.750. The maximum absolute atomic E-state index is 11.3. The lowest BCUT2D eigenvalue weighted by Crippen LogP contribution is -2.38. The van der Waals surface area contributed by atoms with E-state index >= 15 is 0 Å². The van der Waals surface area contributed by atoms with Gasteiger partial charge in [-0.05, 0) is 13.3 Å². The maximum Gasteiger partial charge on any atom is 0.239 e. The molecule has 5 heteroatoms. The van der Waals surface area contributed by atoms with E-state index in [1.165, 1.54) is 0 Å². The van der Waals surface area contributed by atoms with Gasteiger partial charge < -0.3 is 10.2 Å². The summed E-state index contributed by atoms with van der Waals surface area (Å²) >= 11 is 3.25. The number of hydrogen-bond acceptors (Lipinski definition) is 2. The molecule has 1 N–H and O–H groups in total. The van der Waals surface area contributed by atoms with E-state index in [9.17, 15) is 9.59 Å². The van der Waals surface area contributed by atoms with Gasteiger partial charge in [-0.15, -0.1) is 0 Å². The van der Waals surface area contributed by atoms with E-state index in [0.29, 0.717) is 13.1 Å². The lowest BCUT2D eigenvalue weighted by atomic mass is 10.4. The number of carbonyl (C=O) groups is 2. The minimum absolute atomic E-state index is 0.0197. The zero-order valence-corrected chi connectivity index (χ0v) is 9.13. The van der Waals surface area contributed by atoms with Crippen molar-refractivity contribution in [3.05, 3.63) is 0 Å². The summed E-state index contributed by atoms with van der Waals surface area (Å²) < 4.78 is 0. The van der Waals surface area contributed by atoms with Gasteiger partial charge in [0.25, 0.3) is 0 Å². The molecule has 0 spiro atoms. The monoisotopic (exact) mass is 248 g/mol. The van der Waals surface area contributed by atoms with Gasteiger partial charge in [-0.1, -0.05) is 15.9 Å². The first kappa shape index (κ1) is 10.5. The molecule has 13 heavy (non-hydrogen) atoms. The Balaban J connectivity index is 2.38. The Bertz CT molecular complexity index is 220. The van der Waals surface area contributed by atoms with Crippen LogP contribution in [0.3, 0.4) is 0 Å². The summed E-state index contributed by atoms with van der Waals surface area (Å²) in [5.41, 5.74) is 0. The number of amides is 2. The summed E-state index contributed by atoms with van der Waals surface area (Å²) in [6.45, 7) is 3.33. The maximum atomic E-state index is 11.3. The van der Waals surface area contributed by atoms with E-state index in [2.05, 4.69) is 21.2 Å².